The Hall–Kier alpha value is -5.70. The van der Waals surface area contributed by atoms with Gasteiger partial charge in [-0.2, -0.15) is 0 Å². The number of aromatic nitrogens is 1. The summed E-state index contributed by atoms with van der Waals surface area (Å²) in [6, 6.07) is 63.7. The maximum Gasteiger partial charge on any atom is 0.0634 e. The quantitative estimate of drug-likeness (QED) is 0.184. The van der Waals surface area contributed by atoms with Gasteiger partial charge in [-0.1, -0.05) is 158 Å². The molecule has 0 aliphatic heterocycles. The number of fused-ring (bicyclic) bond motifs is 4. The van der Waals surface area contributed by atoms with E-state index in [9.17, 15) is 0 Å². The number of hydrogen-bond donors (Lipinski definition) is 0. The lowest BCUT2D eigenvalue weighted by Crippen LogP contribution is -1.96. The molecule has 9 rings (SSSR count). The van der Waals surface area contributed by atoms with Crippen molar-refractivity contribution in [3.63, 3.8) is 0 Å². The van der Waals surface area contributed by atoms with E-state index in [0.29, 0.717) is 0 Å². The van der Waals surface area contributed by atoms with Gasteiger partial charge < -0.3 is 4.57 Å². The smallest absolute Gasteiger partial charge is 0.0634 e. The van der Waals surface area contributed by atoms with Crippen LogP contribution in [0.4, 0.5) is 0 Å². The Labute approximate surface area is 272 Å². The first kappa shape index (κ1) is 26.7. The molecule has 0 spiro atoms. The second-order valence-corrected chi connectivity index (χ2v) is 12.7. The van der Waals surface area contributed by atoms with Crippen LogP contribution in [0.5, 0.6) is 0 Å². The SMILES string of the molecule is c1ccc(-c2ccccc2-c2sc(-c3c(-c4ccccc4)ccc4c5ccccc5n(-c5ccccc5)c34)c3ccccc23)cc1. The third-order valence-electron chi connectivity index (χ3n) is 9.04. The van der Waals surface area contributed by atoms with Gasteiger partial charge >= 0.3 is 0 Å². The third-order valence-corrected chi connectivity index (χ3v) is 10.3. The van der Waals surface area contributed by atoms with Gasteiger partial charge in [-0.15, -0.1) is 11.3 Å². The van der Waals surface area contributed by atoms with Crippen molar-refractivity contribution in [2.45, 2.75) is 0 Å². The summed E-state index contributed by atoms with van der Waals surface area (Å²) in [6.45, 7) is 0. The molecule has 1 nitrogen and oxygen atoms in total. The Balaban J connectivity index is 1.44. The molecule has 0 aliphatic rings. The van der Waals surface area contributed by atoms with E-state index in [2.05, 4.69) is 180 Å². The van der Waals surface area contributed by atoms with Crippen LogP contribution in [-0.2, 0) is 0 Å². The first-order chi connectivity index (χ1) is 22.9. The summed E-state index contributed by atoms with van der Waals surface area (Å²) in [5.74, 6) is 0. The van der Waals surface area contributed by atoms with Gasteiger partial charge in [-0.25, -0.2) is 0 Å². The van der Waals surface area contributed by atoms with Gasteiger partial charge in [0.05, 0.1) is 11.0 Å². The second kappa shape index (κ2) is 11.0. The molecule has 2 heterocycles. The molecule has 0 aliphatic carbocycles. The monoisotopic (exact) mass is 603 g/mol. The first-order valence-electron chi connectivity index (χ1n) is 15.7. The zero-order valence-corrected chi connectivity index (χ0v) is 25.9. The zero-order valence-electron chi connectivity index (χ0n) is 25.1. The fraction of sp³-hybridized carbons (Fsp3) is 0. The fourth-order valence-corrected chi connectivity index (χ4v) is 8.40. The largest absolute Gasteiger partial charge is 0.309 e. The molecule has 46 heavy (non-hydrogen) atoms. The summed E-state index contributed by atoms with van der Waals surface area (Å²) in [4.78, 5) is 2.58. The fourth-order valence-electron chi connectivity index (χ4n) is 7.02. The van der Waals surface area contributed by atoms with E-state index in [1.54, 1.807) is 0 Å². The number of para-hydroxylation sites is 2. The minimum absolute atomic E-state index is 1.16. The normalized spacial score (nSPS) is 11.5. The summed E-state index contributed by atoms with van der Waals surface area (Å²) in [6.07, 6.45) is 0. The molecule has 0 atom stereocenters. The Morgan fingerprint density at radius 2 is 0.870 bits per heavy atom. The van der Waals surface area contributed by atoms with Crippen LogP contribution in [0.1, 0.15) is 0 Å². The van der Waals surface area contributed by atoms with Crippen LogP contribution in [-0.4, -0.2) is 4.57 Å². The number of thiophene rings is 1. The molecule has 0 bridgehead atoms. The molecule has 0 fully saturated rings. The maximum atomic E-state index is 2.47. The summed E-state index contributed by atoms with van der Waals surface area (Å²) in [5.41, 5.74) is 11.1. The lowest BCUT2D eigenvalue weighted by atomic mass is 9.93. The van der Waals surface area contributed by atoms with Gasteiger partial charge in [-0.3, -0.25) is 0 Å². The van der Waals surface area contributed by atoms with E-state index in [-0.39, 0.29) is 0 Å². The van der Waals surface area contributed by atoms with E-state index >= 15 is 0 Å². The molecular formula is C44H29NS. The Kier molecular flexibility index (Phi) is 6.40. The first-order valence-corrected chi connectivity index (χ1v) is 16.5. The number of nitrogens with zero attached hydrogens (tertiary/aromatic N) is 1. The second-order valence-electron chi connectivity index (χ2n) is 11.7. The van der Waals surface area contributed by atoms with Crippen molar-refractivity contribution in [3.05, 3.63) is 176 Å². The minimum Gasteiger partial charge on any atom is -0.309 e. The predicted molar refractivity (Wildman–Crippen MR) is 198 cm³/mol. The molecule has 9 aromatic rings. The Morgan fingerprint density at radius 1 is 0.348 bits per heavy atom. The standard InChI is InChI=1S/C44H29NS/c1-4-16-30(17-5-1)33-22-10-11-24-37(33)43-38-25-12-13-26-39(38)44(46-43)41-34(31-18-6-2-7-19-31)28-29-36-35-23-14-15-27-40(35)45(42(36)41)32-20-8-3-9-21-32/h1-29H. The number of benzene rings is 7. The molecule has 2 heteroatoms. The molecule has 0 unspecified atom stereocenters. The van der Waals surface area contributed by atoms with Gasteiger partial charge in [0.1, 0.15) is 0 Å². The molecule has 7 aromatic carbocycles. The van der Waals surface area contributed by atoms with Crippen molar-refractivity contribution in [2.24, 2.45) is 0 Å². The molecule has 216 valence electrons. The Bertz CT molecular complexity index is 2500. The van der Waals surface area contributed by atoms with Gasteiger partial charge in [0.15, 0.2) is 0 Å². The van der Waals surface area contributed by atoms with Crippen molar-refractivity contribution in [2.75, 3.05) is 0 Å². The van der Waals surface area contributed by atoms with Crippen molar-refractivity contribution >= 4 is 43.9 Å². The number of hydrogen-bond acceptors (Lipinski definition) is 1. The lowest BCUT2D eigenvalue weighted by molar-refractivity contribution is 1.18. The van der Waals surface area contributed by atoms with E-state index in [1.807, 2.05) is 11.3 Å². The minimum atomic E-state index is 1.16. The van der Waals surface area contributed by atoms with Crippen molar-refractivity contribution in [3.8, 4) is 48.8 Å². The molecule has 0 radical (unpaired) electrons. The molecule has 0 N–H and O–H groups in total. The summed E-state index contributed by atoms with van der Waals surface area (Å²) >= 11 is 1.91. The number of rotatable bonds is 5. The van der Waals surface area contributed by atoms with Gasteiger partial charge in [0.25, 0.3) is 0 Å². The van der Waals surface area contributed by atoms with E-state index in [4.69, 9.17) is 0 Å². The van der Waals surface area contributed by atoms with Crippen molar-refractivity contribution in [1.29, 1.82) is 0 Å². The van der Waals surface area contributed by atoms with E-state index in [1.165, 1.54) is 75.7 Å². The van der Waals surface area contributed by atoms with E-state index < -0.39 is 0 Å². The van der Waals surface area contributed by atoms with Crippen LogP contribution in [0.25, 0.3) is 81.4 Å². The van der Waals surface area contributed by atoms with Crippen LogP contribution in [0.2, 0.25) is 0 Å². The van der Waals surface area contributed by atoms with Crippen molar-refractivity contribution < 1.29 is 0 Å². The average Bonchev–Trinajstić information content (AvgIpc) is 3.69. The average molecular weight is 604 g/mol. The lowest BCUT2D eigenvalue weighted by Gasteiger charge is -2.15. The van der Waals surface area contributed by atoms with Gasteiger partial charge in [0.2, 0.25) is 0 Å². The van der Waals surface area contributed by atoms with Crippen molar-refractivity contribution in [1.82, 2.24) is 4.57 Å². The summed E-state index contributed by atoms with van der Waals surface area (Å²) < 4.78 is 2.47. The molecule has 2 aromatic heterocycles. The third kappa shape index (κ3) is 4.23. The van der Waals surface area contributed by atoms with Crippen LogP contribution >= 0.6 is 11.3 Å². The van der Waals surface area contributed by atoms with E-state index in [0.717, 1.165) is 5.69 Å². The highest BCUT2D eigenvalue weighted by Gasteiger charge is 2.24. The molecule has 0 saturated carbocycles. The maximum absolute atomic E-state index is 2.47. The zero-order chi connectivity index (χ0) is 30.5. The van der Waals surface area contributed by atoms with Gasteiger partial charge in [0, 0.05) is 48.1 Å². The van der Waals surface area contributed by atoms with Crippen LogP contribution < -0.4 is 0 Å². The highest BCUT2D eigenvalue weighted by molar-refractivity contribution is 7.21. The molecular weight excluding hydrogens is 575 g/mol. The highest BCUT2D eigenvalue weighted by Crippen LogP contribution is 2.51. The summed E-state index contributed by atoms with van der Waals surface area (Å²) in [5, 5.41) is 5.08. The predicted octanol–water partition coefficient (Wildman–Crippen LogP) is 12.7. The Morgan fingerprint density at radius 3 is 1.57 bits per heavy atom. The van der Waals surface area contributed by atoms with Crippen LogP contribution in [0, 0.1) is 0 Å². The molecule has 0 saturated heterocycles. The topological polar surface area (TPSA) is 4.93 Å². The highest BCUT2D eigenvalue weighted by atomic mass is 32.1. The summed E-state index contributed by atoms with van der Waals surface area (Å²) in [7, 11) is 0. The molecule has 0 amide bonds. The van der Waals surface area contributed by atoms with Gasteiger partial charge in [-0.05, 0) is 40.5 Å². The van der Waals surface area contributed by atoms with Crippen LogP contribution in [0.3, 0.4) is 0 Å². The van der Waals surface area contributed by atoms with Crippen LogP contribution in [0.15, 0.2) is 176 Å².